The number of hydrogen-bond donors (Lipinski definition) is 1. The Morgan fingerprint density at radius 1 is 1.04 bits per heavy atom. The summed E-state index contributed by atoms with van der Waals surface area (Å²) in [7, 11) is 0. The van der Waals surface area contributed by atoms with Crippen LogP contribution in [-0.2, 0) is 0 Å². The number of allylic oxidation sites excluding steroid dienone is 2. The molecule has 0 radical (unpaired) electrons. The van der Waals surface area contributed by atoms with Crippen LogP contribution >= 0.6 is 23.2 Å². The molecule has 0 bridgehead atoms. The lowest BCUT2D eigenvalue weighted by atomic mass is 9.77. The second-order valence-electron chi connectivity index (χ2n) is 5.99. The molecular weight excluding hydrogens is 339 g/mol. The largest absolute Gasteiger partial charge is 0.375 e. The third-order valence-electron chi connectivity index (χ3n) is 4.68. The Labute approximate surface area is 142 Å². The Morgan fingerprint density at radius 3 is 2.65 bits per heavy atom. The molecule has 0 unspecified atom stereocenters. The maximum Gasteiger partial charge on any atom is 0.149 e. The lowest BCUT2D eigenvalue weighted by Crippen LogP contribution is -2.30. The van der Waals surface area contributed by atoms with Gasteiger partial charge < -0.3 is 5.32 Å². The monoisotopic (exact) mass is 351 g/mol. The zero-order valence-electron chi connectivity index (χ0n) is 12.0. The minimum Gasteiger partial charge on any atom is -0.375 e. The molecular formula is C18H13Cl2F2N. The third-order valence-corrected chi connectivity index (χ3v) is 5.25. The standard InChI is InChI=1S/C18H13Cl2F2N/c19-9-4-5-13(15(20)6-9)17-12-3-1-2-11(12)14-7-10(21)8-16(22)18(14)23-17/h1-2,4-8,11-12,17,23H,3H2/t11-,12-,17-/m1/s1. The van der Waals surface area contributed by atoms with E-state index >= 15 is 0 Å². The van der Waals surface area contributed by atoms with Gasteiger partial charge in [-0.3, -0.25) is 0 Å². The predicted octanol–water partition coefficient (Wildman–Crippen LogP) is 6.10. The molecule has 0 fully saturated rings. The first-order valence-electron chi connectivity index (χ1n) is 7.41. The topological polar surface area (TPSA) is 12.0 Å². The van der Waals surface area contributed by atoms with E-state index in [9.17, 15) is 8.78 Å². The first kappa shape index (κ1) is 15.0. The minimum atomic E-state index is -0.575. The van der Waals surface area contributed by atoms with Crippen LogP contribution in [0.4, 0.5) is 14.5 Å². The number of nitrogens with one attached hydrogen (secondary N) is 1. The van der Waals surface area contributed by atoms with Crippen molar-refractivity contribution in [2.45, 2.75) is 18.4 Å². The quantitative estimate of drug-likeness (QED) is 0.612. The highest BCUT2D eigenvalue weighted by Crippen LogP contribution is 2.51. The van der Waals surface area contributed by atoms with Crippen LogP contribution < -0.4 is 5.32 Å². The number of fused-ring (bicyclic) bond motifs is 3. The summed E-state index contributed by atoms with van der Waals surface area (Å²) in [5, 5.41) is 4.34. The molecule has 118 valence electrons. The zero-order valence-corrected chi connectivity index (χ0v) is 13.5. The highest BCUT2D eigenvalue weighted by molar-refractivity contribution is 6.35. The Hall–Kier alpha value is -1.58. The Bertz CT molecular complexity index is 819. The van der Waals surface area contributed by atoms with Crippen molar-refractivity contribution >= 4 is 28.9 Å². The smallest absolute Gasteiger partial charge is 0.149 e. The van der Waals surface area contributed by atoms with Crippen molar-refractivity contribution in [3.8, 4) is 0 Å². The summed E-state index contributed by atoms with van der Waals surface area (Å²) in [5.41, 5.74) is 1.90. The van der Waals surface area contributed by atoms with Crippen molar-refractivity contribution < 1.29 is 8.78 Å². The van der Waals surface area contributed by atoms with Gasteiger partial charge in [-0.2, -0.15) is 0 Å². The number of anilines is 1. The molecule has 1 N–H and O–H groups in total. The van der Waals surface area contributed by atoms with Crippen LogP contribution in [0.1, 0.15) is 29.5 Å². The van der Waals surface area contributed by atoms with Crippen molar-refractivity contribution in [2.24, 2.45) is 5.92 Å². The van der Waals surface area contributed by atoms with E-state index in [1.54, 1.807) is 12.1 Å². The fraction of sp³-hybridized carbons (Fsp3) is 0.222. The van der Waals surface area contributed by atoms with Crippen LogP contribution in [0.3, 0.4) is 0 Å². The number of rotatable bonds is 1. The fourth-order valence-corrected chi connectivity index (χ4v) is 4.21. The maximum absolute atomic E-state index is 14.3. The number of halogens is 4. The molecule has 0 spiro atoms. The molecule has 2 aromatic rings. The molecule has 0 aromatic heterocycles. The van der Waals surface area contributed by atoms with Crippen LogP contribution in [0.2, 0.25) is 10.0 Å². The molecule has 1 aliphatic carbocycles. The summed E-state index contributed by atoms with van der Waals surface area (Å²) in [6.45, 7) is 0. The van der Waals surface area contributed by atoms with E-state index in [1.165, 1.54) is 6.07 Å². The van der Waals surface area contributed by atoms with E-state index < -0.39 is 11.6 Å². The Balaban J connectivity index is 1.84. The number of hydrogen-bond acceptors (Lipinski definition) is 1. The van der Waals surface area contributed by atoms with Crippen molar-refractivity contribution in [2.75, 3.05) is 5.32 Å². The summed E-state index contributed by atoms with van der Waals surface area (Å²) in [6.07, 6.45) is 4.92. The summed E-state index contributed by atoms with van der Waals surface area (Å²) >= 11 is 12.3. The van der Waals surface area contributed by atoms with E-state index in [1.807, 2.05) is 12.1 Å². The van der Waals surface area contributed by atoms with E-state index in [4.69, 9.17) is 23.2 Å². The second-order valence-corrected chi connectivity index (χ2v) is 6.84. The van der Waals surface area contributed by atoms with Gasteiger partial charge in [0, 0.05) is 22.0 Å². The lowest BCUT2D eigenvalue weighted by molar-refractivity contribution is 0.418. The highest BCUT2D eigenvalue weighted by Gasteiger charge is 2.39. The molecule has 2 aliphatic rings. The van der Waals surface area contributed by atoms with Gasteiger partial charge in [0.05, 0.1) is 11.7 Å². The third kappa shape index (κ3) is 2.43. The zero-order chi connectivity index (χ0) is 16.1. The summed E-state index contributed by atoms with van der Waals surface area (Å²) in [6, 6.07) is 7.51. The summed E-state index contributed by atoms with van der Waals surface area (Å²) in [5.74, 6) is -0.977. The molecule has 5 heteroatoms. The molecule has 4 rings (SSSR count). The second kappa shape index (κ2) is 5.50. The first-order chi connectivity index (χ1) is 11.0. The molecule has 1 heterocycles. The fourth-order valence-electron chi connectivity index (χ4n) is 3.68. The van der Waals surface area contributed by atoms with Crippen molar-refractivity contribution in [1.29, 1.82) is 0 Å². The van der Waals surface area contributed by atoms with Gasteiger partial charge in [0.25, 0.3) is 0 Å². The first-order valence-corrected chi connectivity index (χ1v) is 8.17. The summed E-state index contributed by atoms with van der Waals surface area (Å²) < 4.78 is 27.9. The van der Waals surface area contributed by atoms with Gasteiger partial charge in [-0.05, 0) is 41.7 Å². The van der Waals surface area contributed by atoms with Gasteiger partial charge >= 0.3 is 0 Å². The average molecular weight is 352 g/mol. The highest BCUT2D eigenvalue weighted by atomic mass is 35.5. The normalized spacial score (nSPS) is 25.0. The Morgan fingerprint density at radius 2 is 1.87 bits per heavy atom. The number of benzene rings is 2. The molecule has 2 aromatic carbocycles. The van der Waals surface area contributed by atoms with Crippen molar-refractivity contribution in [3.05, 3.63) is 75.3 Å². The van der Waals surface area contributed by atoms with Gasteiger partial charge in [0.2, 0.25) is 0 Å². The van der Waals surface area contributed by atoms with Gasteiger partial charge in [0.1, 0.15) is 11.6 Å². The predicted molar refractivity (Wildman–Crippen MR) is 89.2 cm³/mol. The van der Waals surface area contributed by atoms with Crippen LogP contribution in [0.15, 0.2) is 42.5 Å². The molecule has 1 aliphatic heterocycles. The van der Waals surface area contributed by atoms with Crippen LogP contribution in [-0.4, -0.2) is 0 Å². The average Bonchev–Trinajstić information content (AvgIpc) is 2.97. The maximum atomic E-state index is 14.3. The van der Waals surface area contributed by atoms with Gasteiger partial charge in [0.15, 0.2) is 0 Å². The van der Waals surface area contributed by atoms with E-state index in [0.29, 0.717) is 21.3 Å². The van der Waals surface area contributed by atoms with Gasteiger partial charge in [-0.15, -0.1) is 0 Å². The minimum absolute atomic E-state index is 0.0202. The van der Waals surface area contributed by atoms with Gasteiger partial charge in [-0.25, -0.2) is 8.78 Å². The summed E-state index contributed by atoms with van der Waals surface area (Å²) in [4.78, 5) is 0. The molecule has 3 atom stereocenters. The molecule has 0 amide bonds. The van der Waals surface area contributed by atoms with E-state index in [2.05, 4.69) is 11.4 Å². The molecule has 1 nitrogen and oxygen atoms in total. The van der Waals surface area contributed by atoms with E-state index in [0.717, 1.165) is 18.1 Å². The van der Waals surface area contributed by atoms with Crippen LogP contribution in [0, 0.1) is 17.6 Å². The van der Waals surface area contributed by atoms with Crippen molar-refractivity contribution in [1.82, 2.24) is 0 Å². The van der Waals surface area contributed by atoms with E-state index in [-0.39, 0.29) is 17.9 Å². The Kier molecular flexibility index (Phi) is 3.58. The molecule has 0 saturated carbocycles. The van der Waals surface area contributed by atoms with Crippen molar-refractivity contribution in [3.63, 3.8) is 0 Å². The van der Waals surface area contributed by atoms with Crippen LogP contribution in [0.25, 0.3) is 0 Å². The molecule has 23 heavy (non-hydrogen) atoms. The lowest BCUT2D eigenvalue weighted by Gasteiger charge is -2.38. The van der Waals surface area contributed by atoms with Gasteiger partial charge in [-0.1, -0.05) is 41.4 Å². The van der Waals surface area contributed by atoms with Crippen LogP contribution in [0.5, 0.6) is 0 Å². The SMILES string of the molecule is Fc1cc(F)c2c(c1)[C@@H]1C=CC[C@H]1[C@H](c1ccc(Cl)cc1Cl)N2. The molecule has 0 saturated heterocycles.